The standard InChI is InChI=1S/C13H16O5/c1-13(2)12(15)11(14)7-5-9(16-3)10(17-4)6-8(7)18-13/h5-6,12,15H,1-4H3/t12-/m1/s1. The Bertz CT molecular complexity index is 492. The number of rotatable bonds is 2. The largest absolute Gasteiger partial charge is 0.493 e. The maximum atomic E-state index is 12.1. The molecule has 1 aliphatic heterocycles. The Kier molecular flexibility index (Phi) is 2.94. The van der Waals surface area contributed by atoms with E-state index in [9.17, 15) is 9.90 Å². The lowest BCUT2D eigenvalue weighted by Gasteiger charge is -2.36. The number of hydrogen-bond acceptors (Lipinski definition) is 5. The third kappa shape index (κ3) is 1.80. The fourth-order valence-electron chi connectivity index (χ4n) is 1.94. The molecule has 0 radical (unpaired) electrons. The highest BCUT2D eigenvalue weighted by Crippen LogP contribution is 2.40. The van der Waals surface area contributed by atoms with Crippen molar-refractivity contribution in [3.63, 3.8) is 0 Å². The Labute approximate surface area is 105 Å². The van der Waals surface area contributed by atoms with Crippen LogP contribution in [0.4, 0.5) is 0 Å². The molecule has 18 heavy (non-hydrogen) atoms. The minimum atomic E-state index is -1.19. The van der Waals surface area contributed by atoms with Gasteiger partial charge < -0.3 is 19.3 Å². The van der Waals surface area contributed by atoms with Gasteiger partial charge in [0.25, 0.3) is 0 Å². The first-order valence-electron chi connectivity index (χ1n) is 5.58. The van der Waals surface area contributed by atoms with Crippen molar-refractivity contribution in [1.29, 1.82) is 0 Å². The first-order valence-corrected chi connectivity index (χ1v) is 5.58. The summed E-state index contributed by atoms with van der Waals surface area (Å²) in [5.41, 5.74) is -0.650. The van der Waals surface area contributed by atoms with E-state index in [0.29, 0.717) is 22.8 Å². The highest BCUT2D eigenvalue weighted by Gasteiger charge is 2.42. The molecule has 1 N–H and O–H groups in total. The molecule has 98 valence electrons. The van der Waals surface area contributed by atoms with Gasteiger partial charge in [-0.3, -0.25) is 4.79 Å². The lowest BCUT2D eigenvalue weighted by Crippen LogP contribution is -2.50. The number of fused-ring (bicyclic) bond motifs is 1. The summed E-state index contributed by atoms with van der Waals surface area (Å²) < 4.78 is 15.9. The number of benzene rings is 1. The van der Waals surface area contributed by atoms with Crippen molar-refractivity contribution in [3.8, 4) is 17.2 Å². The van der Waals surface area contributed by atoms with Crippen molar-refractivity contribution in [2.75, 3.05) is 14.2 Å². The Morgan fingerprint density at radius 1 is 1.22 bits per heavy atom. The van der Waals surface area contributed by atoms with Crippen LogP contribution < -0.4 is 14.2 Å². The molecule has 1 atom stereocenters. The van der Waals surface area contributed by atoms with Gasteiger partial charge in [-0.25, -0.2) is 0 Å². The number of hydrogen-bond donors (Lipinski definition) is 1. The van der Waals surface area contributed by atoms with E-state index in [1.807, 2.05) is 0 Å². The van der Waals surface area contributed by atoms with Crippen LogP contribution in [0.25, 0.3) is 0 Å². The second-order valence-electron chi connectivity index (χ2n) is 4.68. The van der Waals surface area contributed by atoms with Crippen molar-refractivity contribution in [1.82, 2.24) is 0 Å². The molecular weight excluding hydrogens is 236 g/mol. The van der Waals surface area contributed by atoms with Crippen LogP contribution in [-0.2, 0) is 0 Å². The smallest absolute Gasteiger partial charge is 0.199 e. The number of carbonyl (C=O) groups is 1. The first kappa shape index (κ1) is 12.7. The number of ketones is 1. The Hall–Kier alpha value is -1.75. The van der Waals surface area contributed by atoms with Crippen LogP contribution in [0.1, 0.15) is 24.2 Å². The number of aliphatic hydroxyl groups is 1. The normalized spacial score (nSPS) is 20.9. The van der Waals surface area contributed by atoms with E-state index in [1.54, 1.807) is 19.9 Å². The van der Waals surface area contributed by atoms with Crippen molar-refractivity contribution >= 4 is 5.78 Å². The van der Waals surface area contributed by atoms with Gasteiger partial charge in [0.1, 0.15) is 11.4 Å². The number of Topliss-reactive ketones (excluding diaryl/α,β-unsaturated/α-hetero) is 1. The molecule has 0 fully saturated rings. The van der Waals surface area contributed by atoms with Gasteiger partial charge in [-0.1, -0.05) is 0 Å². The zero-order valence-electron chi connectivity index (χ0n) is 10.8. The SMILES string of the molecule is COc1cc2c(cc1OC)C(=O)[C@@H](O)C(C)(C)O2. The summed E-state index contributed by atoms with van der Waals surface area (Å²) in [5, 5.41) is 9.90. The molecule has 1 aromatic rings. The summed E-state index contributed by atoms with van der Waals surface area (Å²) in [6, 6.07) is 3.12. The van der Waals surface area contributed by atoms with Crippen molar-refractivity contribution in [2.24, 2.45) is 0 Å². The van der Waals surface area contributed by atoms with E-state index in [1.165, 1.54) is 20.3 Å². The second-order valence-corrected chi connectivity index (χ2v) is 4.68. The topological polar surface area (TPSA) is 65.0 Å². The Morgan fingerprint density at radius 3 is 2.33 bits per heavy atom. The van der Waals surface area contributed by atoms with Crippen molar-refractivity contribution < 1.29 is 24.1 Å². The lowest BCUT2D eigenvalue weighted by atomic mass is 9.90. The number of ether oxygens (including phenoxy) is 3. The summed E-state index contributed by atoms with van der Waals surface area (Å²) in [4.78, 5) is 12.1. The highest BCUT2D eigenvalue weighted by molar-refractivity contribution is 6.04. The highest BCUT2D eigenvalue weighted by atomic mass is 16.5. The van der Waals surface area contributed by atoms with Gasteiger partial charge in [-0.05, 0) is 19.9 Å². The van der Waals surface area contributed by atoms with Gasteiger partial charge in [0, 0.05) is 6.07 Å². The average molecular weight is 252 g/mol. The Morgan fingerprint density at radius 2 is 1.78 bits per heavy atom. The van der Waals surface area contributed by atoms with E-state index in [4.69, 9.17) is 14.2 Å². The van der Waals surface area contributed by atoms with E-state index < -0.39 is 11.7 Å². The molecule has 0 saturated heterocycles. The van der Waals surface area contributed by atoms with Gasteiger partial charge in [-0.15, -0.1) is 0 Å². The predicted octanol–water partition coefficient (Wildman–Crippen LogP) is 1.42. The monoisotopic (exact) mass is 252 g/mol. The van der Waals surface area contributed by atoms with E-state index in [-0.39, 0.29) is 5.78 Å². The summed E-state index contributed by atoms with van der Waals surface area (Å²) in [5.74, 6) is 0.937. The molecule has 1 aliphatic rings. The number of carbonyl (C=O) groups excluding carboxylic acids is 1. The second kappa shape index (κ2) is 4.17. The predicted molar refractivity (Wildman–Crippen MR) is 64.6 cm³/mol. The summed E-state index contributed by atoms with van der Waals surface area (Å²) in [7, 11) is 2.99. The maximum Gasteiger partial charge on any atom is 0.199 e. The van der Waals surface area contributed by atoms with Crippen LogP contribution in [0.3, 0.4) is 0 Å². The minimum absolute atomic E-state index is 0.305. The molecule has 0 aromatic heterocycles. The van der Waals surface area contributed by atoms with Crippen LogP contribution in [0.2, 0.25) is 0 Å². The molecule has 5 nitrogen and oxygen atoms in total. The summed E-state index contributed by atoms with van der Waals surface area (Å²) >= 11 is 0. The molecule has 0 spiro atoms. The maximum absolute atomic E-state index is 12.1. The molecule has 0 saturated carbocycles. The van der Waals surface area contributed by atoms with E-state index >= 15 is 0 Å². The van der Waals surface area contributed by atoms with Gasteiger partial charge in [-0.2, -0.15) is 0 Å². The van der Waals surface area contributed by atoms with Crippen molar-refractivity contribution in [2.45, 2.75) is 25.6 Å². The average Bonchev–Trinajstić information content (AvgIpc) is 2.34. The third-order valence-electron chi connectivity index (χ3n) is 3.03. The molecule has 0 aliphatic carbocycles. The quantitative estimate of drug-likeness (QED) is 0.862. The fraction of sp³-hybridized carbons (Fsp3) is 0.462. The zero-order chi connectivity index (χ0) is 13.5. The van der Waals surface area contributed by atoms with Crippen molar-refractivity contribution in [3.05, 3.63) is 17.7 Å². The van der Waals surface area contributed by atoms with Gasteiger partial charge in [0.2, 0.25) is 0 Å². The molecule has 1 aromatic carbocycles. The first-order chi connectivity index (χ1) is 8.40. The van der Waals surface area contributed by atoms with Crippen LogP contribution in [0.15, 0.2) is 12.1 Å². The van der Waals surface area contributed by atoms with Gasteiger partial charge >= 0.3 is 0 Å². The molecule has 0 unspecified atom stereocenters. The van der Waals surface area contributed by atoms with Gasteiger partial charge in [0.15, 0.2) is 23.4 Å². The summed E-state index contributed by atoms with van der Waals surface area (Å²) in [6.45, 7) is 3.32. The molecule has 0 bridgehead atoms. The van der Waals surface area contributed by atoms with Crippen LogP contribution >= 0.6 is 0 Å². The third-order valence-corrected chi connectivity index (χ3v) is 3.03. The van der Waals surface area contributed by atoms with E-state index in [0.717, 1.165) is 0 Å². The summed E-state index contributed by atoms with van der Waals surface area (Å²) in [6.07, 6.45) is -1.19. The van der Waals surface area contributed by atoms with Crippen LogP contribution in [-0.4, -0.2) is 36.8 Å². The van der Waals surface area contributed by atoms with Gasteiger partial charge in [0.05, 0.1) is 19.8 Å². The fourth-order valence-corrected chi connectivity index (χ4v) is 1.94. The zero-order valence-corrected chi connectivity index (χ0v) is 10.8. The van der Waals surface area contributed by atoms with Crippen LogP contribution in [0.5, 0.6) is 17.2 Å². The Balaban J connectivity index is 2.58. The molecule has 2 rings (SSSR count). The van der Waals surface area contributed by atoms with Crippen LogP contribution in [0, 0.1) is 0 Å². The molecular formula is C13H16O5. The minimum Gasteiger partial charge on any atom is -0.493 e. The molecule has 5 heteroatoms. The molecule has 1 heterocycles. The number of aliphatic hydroxyl groups excluding tert-OH is 1. The lowest BCUT2D eigenvalue weighted by molar-refractivity contribution is -0.0251. The number of methoxy groups -OCH3 is 2. The molecule has 0 amide bonds. The van der Waals surface area contributed by atoms with E-state index in [2.05, 4.69) is 0 Å².